The average molecular weight is 148 g/mol. The number of hydrogen-bond acceptors (Lipinski definition) is 3. The first-order valence-electron chi connectivity index (χ1n) is 2.10. The predicted molar refractivity (Wildman–Crippen MR) is 37.9 cm³/mol. The van der Waals surface area contributed by atoms with Crippen molar-refractivity contribution in [2.75, 3.05) is 6.26 Å². The molecular formula is C3H8N4OS. The van der Waals surface area contributed by atoms with E-state index in [1.165, 1.54) is 0 Å². The lowest BCUT2D eigenvalue weighted by Crippen LogP contribution is -2.39. The number of nitrogens with zero attached hydrogens (tertiary/aromatic N) is 1. The molecule has 0 unspecified atom stereocenters. The van der Waals surface area contributed by atoms with Gasteiger partial charge in [-0.2, -0.15) is 4.40 Å². The molecule has 0 fully saturated rings. The van der Waals surface area contributed by atoms with E-state index in [9.17, 15) is 4.79 Å². The summed E-state index contributed by atoms with van der Waals surface area (Å²) in [6.45, 7) is 0. The van der Waals surface area contributed by atoms with E-state index in [2.05, 4.69) is 9.71 Å². The van der Waals surface area contributed by atoms with Crippen molar-refractivity contribution >= 4 is 23.9 Å². The second-order valence-corrected chi connectivity index (χ2v) is 1.70. The first-order chi connectivity index (χ1) is 4.16. The van der Waals surface area contributed by atoms with Crippen molar-refractivity contribution in [2.45, 2.75) is 0 Å². The molecule has 0 bridgehead atoms. The van der Waals surface area contributed by atoms with Crippen LogP contribution in [0.4, 0.5) is 4.79 Å². The molecular weight excluding hydrogens is 140 g/mol. The largest absolute Gasteiger partial charge is 0.369 e. The molecule has 0 aromatic rings. The van der Waals surface area contributed by atoms with Gasteiger partial charge >= 0.3 is 6.03 Å². The fourth-order valence-electron chi connectivity index (χ4n) is 0.247. The van der Waals surface area contributed by atoms with Crippen molar-refractivity contribution < 1.29 is 4.79 Å². The van der Waals surface area contributed by atoms with Crippen molar-refractivity contribution in [3.8, 4) is 0 Å². The highest BCUT2D eigenvalue weighted by atomic mass is 32.2. The molecule has 5 nitrogen and oxygen atoms in total. The third-order valence-electron chi connectivity index (χ3n) is 0.441. The van der Waals surface area contributed by atoms with E-state index < -0.39 is 6.03 Å². The molecule has 0 spiro atoms. The Kier molecular flexibility index (Phi) is 3.61. The van der Waals surface area contributed by atoms with Crippen LogP contribution in [0, 0.1) is 0 Å². The van der Waals surface area contributed by atoms with Gasteiger partial charge in [-0.25, -0.2) is 4.79 Å². The van der Waals surface area contributed by atoms with Gasteiger partial charge in [0.15, 0.2) is 0 Å². The van der Waals surface area contributed by atoms with Crippen LogP contribution in [0.1, 0.15) is 0 Å². The minimum absolute atomic E-state index is 0.0231. The lowest BCUT2D eigenvalue weighted by atomic mass is 10.9. The summed E-state index contributed by atoms with van der Waals surface area (Å²) >= 11 is 1.14. The molecule has 0 radical (unpaired) electrons. The summed E-state index contributed by atoms with van der Waals surface area (Å²) in [5.41, 5.74) is 9.81. The minimum Gasteiger partial charge on any atom is -0.369 e. The number of nitrogens with one attached hydrogen (secondary N) is 1. The Morgan fingerprint density at radius 2 is 2.22 bits per heavy atom. The molecule has 0 atom stereocenters. The van der Waals surface area contributed by atoms with Crippen LogP contribution in [0.25, 0.3) is 0 Å². The molecule has 0 aromatic carbocycles. The average Bonchev–Trinajstić information content (AvgIpc) is 1.63. The van der Waals surface area contributed by atoms with Crippen molar-refractivity contribution in [2.24, 2.45) is 15.9 Å². The van der Waals surface area contributed by atoms with Crippen LogP contribution >= 0.6 is 11.9 Å². The second kappa shape index (κ2) is 4.02. The van der Waals surface area contributed by atoms with Crippen LogP contribution in [0.15, 0.2) is 4.40 Å². The molecule has 9 heavy (non-hydrogen) atoms. The summed E-state index contributed by atoms with van der Waals surface area (Å²) in [4.78, 5) is 10.0. The summed E-state index contributed by atoms with van der Waals surface area (Å²) in [6.07, 6.45) is 1.72. The maximum absolute atomic E-state index is 10.0. The van der Waals surface area contributed by atoms with E-state index in [0.717, 1.165) is 11.9 Å². The van der Waals surface area contributed by atoms with Crippen molar-refractivity contribution in [3.05, 3.63) is 0 Å². The number of carbonyl (C=O) groups is 1. The van der Waals surface area contributed by atoms with Crippen molar-refractivity contribution in [3.63, 3.8) is 0 Å². The zero-order chi connectivity index (χ0) is 7.28. The van der Waals surface area contributed by atoms with E-state index in [1.807, 2.05) is 0 Å². The number of urea groups is 1. The fraction of sp³-hybridized carbons (Fsp3) is 0.333. The van der Waals surface area contributed by atoms with E-state index in [4.69, 9.17) is 11.5 Å². The Labute approximate surface area is 57.0 Å². The lowest BCUT2D eigenvalue weighted by molar-refractivity contribution is 0.253. The summed E-state index contributed by atoms with van der Waals surface area (Å²) in [6, 6.07) is -0.703. The lowest BCUT2D eigenvalue weighted by Gasteiger charge is -1.95. The first kappa shape index (κ1) is 8.09. The normalized spacial score (nSPS) is 11.0. The molecule has 0 heterocycles. The van der Waals surface area contributed by atoms with Crippen LogP contribution in [0.5, 0.6) is 0 Å². The van der Waals surface area contributed by atoms with Gasteiger partial charge in [0.1, 0.15) is 0 Å². The smallest absolute Gasteiger partial charge is 0.318 e. The maximum atomic E-state index is 10.0. The molecule has 0 saturated carbocycles. The zero-order valence-electron chi connectivity index (χ0n) is 4.92. The number of guanidine groups is 1. The number of nitrogens with two attached hydrogens (primary N) is 2. The first-order valence-corrected chi connectivity index (χ1v) is 3.28. The maximum Gasteiger partial charge on any atom is 0.318 e. The molecule has 52 valence electrons. The number of primary amides is 1. The zero-order valence-corrected chi connectivity index (χ0v) is 5.73. The number of amides is 2. The van der Waals surface area contributed by atoms with Crippen LogP contribution in [-0.4, -0.2) is 18.2 Å². The van der Waals surface area contributed by atoms with Gasteiger partial charge in [0, 0.05) is 6.26 Å². The standard InChI is InChI=1S/C3H8N4OS/c1-9-7-2(4)6-3(5)8/h1H3,(H5,4,5,6,7,8). The molecule has 6 heteroatoms. The molecule has 0 aliphatic carbocycles. The van der Waals surface area contributed by atoms with Crippen LogP contribution < -0.4 is 16.8 Å². The van der Waals surface area contributed by atoms with Gasteiger partial charge in [-0.1, -0.05) is 0 Å². The molecule has 0 aromatic heterocycles. The number of carbonyl (C=O) groups excluding carboxylic acids is 1. The monoisotopic (exact) mass is 148 g/mol. The topological polar surface area (TPSA) is 93.5 Å². The van der Waals surface area contributed by atoms with Gasteiger partial charge in [-0.15, -0.1) is 0 Å². The molecule has 2 amide bonds. The molecule has 0 rings (SSSR count). The van der Waals surface area contributed by atoms with Crippen molar-refractivity contribution in [1.29, 1.82) is 0 Å². The molecule has 0 aliphatic heterocycles. The van der Waals surface area contributed by atoms with Gasteiger partial charge < -0.3 is 11.5 Å². The van der Waals surface area contributed by atoms with Crippen molar-refractivity contribution in [1.82, 2.24) is 5.32 Å². The van der Waals surface area contributed by atoms with E-state index in [1.54, 1.807) is 6.26 Å². The van der Waals surface area contributed by atoms with Crippen LogP contribution in [0.2, 0.25) is 0 Å². The molecule has 5 N–H and O–H groups in total. The Balaban J connectivity index is 3.62. The van der Waals surface area contributed by atoms with Gasteiger partial charge in [0.25, 0.3) is 0 Å². The number of hydrogen-bond donors (Lipinski definition) is 3. The summed E-state index contributed by atoms with van der Waals surface area (Å²) < 4.78 is 3.56. The number of rotatable bonds is 1. The van der Waals surface area contributed by atoms with E-state index in [-0.39, 0.29) is 5.96 Å². The summed E-state index contributed by atoms with van der Waals surface area (Å²) in [5.74, 6) is 0.0231. The third kappa shape index (κ3) is 4.95. The molecule has 0 aliphatic rings. The Morgan fingerprint density at radius 1 is 1.67 bits per heavy atom. The predicted octanol–water partition coefficient (Wildman–Crippen LogP) is -0.753. The van der Waals surface area contributed by atoms with E-state index in [0.29, 0.717) is 0 Å². The minimum atomic E-state index is -0.703. The highest BCUT2D eigenvalue weighted by molar-refractivity contribution is 7.97. The fourth-order valence-corrected chi connectivity index (χ4v) is 0.490. The Bertz CT molecular complexity index is 134. The second-order valence-electron chi connectivity index (χ2n) is 1.15. The van der Waals surface area contributed by atoms with Crippen LogP contribution in [0.3, 0.4) is 0 Å². The van der Waals surface area contributed by atoms with Gasteiger partial charge in [0.2, 0.25) is 5.96 Å². The summed E-state index contributed by atoms with van der Waals surface area (Å²) in [5, 5.41) is 2.09. The summed E-state index contributed by atoms with van der Waals surface area (Å²) in [7, 11) is 0. The highest BCUT2D eigenvalue weighted by Gasteiger charge is 1.92. The van der Waals surface area contributed by atoms with Gasteiger partial charge in [-0.3, -0.25) is 5.32 Å². The Morgan fingerprint density at radius 3 is 2.56 bits per heavy atom. The SMILES string of the molecule is CSN=C(N)NC(N)=O. The Hall–Kier alpha value is -0.910. The van der Waals surface area contributed by atoms with E-state index >= 15 is 0 Å². The van der Waals surface area contributed by atoms with Gasteiger partial charge in [-0.05, 0) is 11.9 Å². The van der Waals surface area contributed by atoms with Crippen LogP contribution in [-0.2, 0) is 0 Å². The highest BCUT2D eigenvalue weighted by Crippen LogP contribution is 1.89. The quantitative estimate of drug-likeness (QED) is 0.259. The molecule has 0 saturated heterocycles. The van der Waals surface area contributed by atoms with Gasteiger partial charge in [0.05, 0.1) is 0 Å². The third-order valence-corrected chi connectivity index (χ3v) is 0.820.